The summed E-state index contributed by atoms with van der Waals surface area (Å²) < 4.78 is 48.8. The van der Waals surface area contributed by atoms with Crippen molar-refractivity contribution in [3.05, 3.63) is 23.8 Å². The molecule has 0 radical (unpaired) electrons. The number of ether oxygens (including phenoxy) is 2. The standard InChI is InChI=1S/C20H26F3NO4/c1-13(25)14-5-10-17(18(12-14)27-2)28-11-3-4-19(26)24-16-8-6-15(7-9-16)20(21,22)23/h5,10,12,15-16H,3-4,6-9,11H2,1-2H3,(H,24,26). The first kappa shape index (κ1) is 22.0. The first-order chi connectivity index (χ1) is 13.2. The smallest absolute Gasteiger partial charge is 0.391 e. The molecule has 1 aliphatic carbocycles. The van der Waals surface area contributed by atoms with Crippen LogP contribution in [0.1, 0.15) is 55.8 Å². The molecule has 0 aliphatic heterocycles. The minimum absolute atomic E-state index is 0.0631. The van der Waals surface area contributed by atoms with E-state index in [2.05, 4.69) is 5.32 Å². The number of hydrogen-bond donors (Lipinski definition) is 1. The summed E-state index contributed by atoms with van der Waals surface area (Å²) >= 11 is 0. The molecule has 2 rings (SSSR count). The maximum atomic E-state index is 12.7. The molecule has 0 saturated heterocycles. The van der Waals surface area contributed by atoms with Crippen molar-refractivity contribution in [2.24, 2.45) is 5.92 Å². The Kier molecular flexibility index (Phi) is 7.71. The zero-order chi connectivity index (χ0) is 20.7. The van der Waals surface area contributed by atoms with Crippen molar-refractivity contribution in [3.8, 4) is 11.5 Å². The van der Waals surface area contributed by atoms with Gasteiger partial charge in [0.1, 0.15) is 0 Å². The summed E-state index contributed by atoms with van der Waals surface area (Å²) in [5.41, 5.74) is 0.517. The van der Waals surface area contributed by atoms with Crippen molar-refractivity contribution >= 4 is 11.7 Å². The second-order valence-corrected chi connectivity index (χ2v) is 7.03. The third-order valence-electron chi connectivity index (χ3n) is 4.93. The molecule has 0 spiro atoms. The number of methoxy groups -OCH3 is 1. The number of rotatable bonds is 8. The Balaban J connectivity index is 1.70. The van der Waals surface area contributed by atoms with Gasteiger partial charge in [0.05, 0.1) is 19.6 Å². The van der Waals surface area contributed by atoms with Gasteiger partial charge in [-0.15, -0.1) is 0 Å². The van der Waals surface area contributed by atoms with Crippen molar-refractivity contribution in [1.29, 1.82) is 0 Å². The number of hydrogen-bond acceptors (Lipinski definition) is 4. The van der Waals surface area contributed by atoms with Crippen LogP contribution in [0.5, 0.6) is 11.5 Å². The molecule has 156 valence electrons. The Morgan fingerprint density at radius 1 is 1.14 bits per heavy atom. The zero-order valence-corrected chi connectivity index (χ0v) is 16.1. The molecule has 0 unspecified atom stereocenters. The van der Waals surface area contributed by atoms with E-state index in [1.54, 1.807) is 18.2 Å². The van der Waals surface area contributed by atoms with E-state index in [-0.39, 0.29) is 43.6 Å². The molecule has 1 N–H and O–H groups in total. The molecule has 1 aromatic carbocycles. The molecule has 1 amide bonds. The molecule has 0 bridgehead atoms. The Morgan fingerprint density at radius 2 is 1.82 bits per heavy atom. The number of carbonyl (C=O) groups excluding carboxylic acids is 2. The van der Waals surface area contributed by atoms with Gasteiger partial charge in [-0.3, -0.25) is 9.59 Å². The molecular formula is C20H26F3NO4. The summed E-state index contributed by atoms with van der Waals surface area (Å²) in [4.78, 5) is 23.4. The molecule has 1 aromatic rings. The fourth-order valence-electron chi connectivity index (χ4n) is 3.29. The van der Waals surface area contributed by atoms with Crippen molar-refractivity contribution < 1.29 is 32.2 Å². The molecule has 1 aliphatic rings. The number of halogens is 3. The number of benzene rings is 1. The van der Waals surface area contributed by atoms with E-state index in [1.807, 2.05) is 0 Å². The molecular weight excluding hydrogens is 375 g/mol. The molecule has 8 heteroatoms. The quantitative estimate of drug-likeness (QED) is 0.521. The molecule has 1 saturated carbocycles. The average molecular weight is 401 g/mol. The van der Waals surface area contributed by atoms with Crippen LogP contribution in [0.2, 0.25) is 0 Å². The monoisotopic (exact) mass is 401 g/mol. The summed E-state index contributed by atoms with van der Waals surface area (Å²) in [5.74, 6) is -0.584. The predicted molar refractivity (Wildman–Crippen MR) is 97.7 cm³/mol. The number of Topliss-reactive ketones (excluding diaryl/α,β-unsaturated/α-hetero) is 1. The molecule has 0 heterocycles. The van der Waals surface area contributed by atoms with Gasteiger partial charge in [0.15, 0.2) is 17.3 Å². The maximum absolute atomic E-state index is 12.7. The van der Waals surface area contributed by atoms with Gasteiger partial charge in [0, 0.05) is 18.0 Å². The molecule has 1 fully saturated rings. The first-order valence-electron chi connectivity index (χ1n) is 9.38. The van der Waals surface area contributed by atoms with Crippen LogP contribution >= 0.6 is 0 Å². The highest BCUT2D eigenvalue weighted by atomic mass is 19.4. The van der Waals surface area contributed by atoms with Gasteiger partial charge in [-0.05, 0) is 57.2 Å². The van der Waals surface area contributed by atoms with Crippen molar-refractivity contribution in [1.82, 2.24) is 5.32 Å². The highest BCUT2D eigenvalue weighted by molar-refractivity contribution is 5.94. The van der Waals surface area contributed by atoms with E-state index >= 15 is 0 Å². The van der Waals surface area contributed by atoms with E-state index in [0.717, 1.165) is 0 Å². The molecule has 0 aromatic heterocycles. The van der Waals surface area contributed by atoms with Crippen LogP contribution in [0.4, 0.5) is 13.2 Å². The van der Waals surface area contributed by atoms with E-state index in [4.69, 9.17) is 9.47 Å². The lowest BCUT2D eigenvalue weighted by Crippen LogP contribution is -2.40. The maximum Gasteiger partial charge on any atom is 0.391 e. The van der Waals surface area contributed by atoms with Gasteiger partial charge in [0.2, 0.25) is 5.91 Å². The number of nitrogens with one attached hydrogen (secondary N) is 1. The van der Waals surface area contributed by atoms with Gasteiger partial charge in [0.25, 0.3) is 0 Å². The van der Waals surface area contributed by atoms with Crippen LogP contribution in [-0.4, -0.2) is 37.6 Å². The largest absolute Gasteiger partial charge is 0.493 e. The summed E-state index contributed by atoms with van der Waals surface area (Å²) in [6.07, 6.45) is -2.62. The van der Waals surface area contributed by atoms with Crippen LogP contribution in [0.3, 0.4) is 0 Å². The van der Waals surface area contributed by atoms with E-state index < -0.39 is 12.1 Å². The van der Waals surface area contributed by atoms with Crippen LogP contribution < -0.4 is 14.8 Å². The topological polar surface area (TPSA) is 64.6 Å². The van der Waals surface area contributed by atoms with Gasteiger partial charge in [-0.25, -0.2) is 0 Å². The number of carbonyl (C=O) groups is 2. The summed E-state index contributed by atoms with van der Waals surface area (Å²) in [6.45, 7) is 1.74. The Labute approximate surface area is 162 Å². The lowest BCUT2D eigenvalue weighted by Gasteiger charge is -2.30. The lowest BCUT2D eigenvalue weighted by molar-refractivity contribution is -0.182. The van der Waals surface area contributed by atoms with Crippen LogP contribution in [0.25, 0.3) is 0 Å². The fraction of sp³-hybridized carbons (Fsp3) is 0.600. The Bertz CT molecular complexity index is 683. The van der Waals surface area contributed by atoms with Gasteiger partial charge < -0.3 is 14.8 Å². The van der Waals surface area contributed by atoms with Gasteiger partial charge in [-0.2, -0.15) is 13.2 Å². The highest BCUT2D eigenvalue weighted by Gasteiger charge is 2.41. The minimum Gasteiger partial charge on any atom is -0.493 e. The lowest BCUT2D eigenvalue weighted by atomic mass is 9.85. The van der Waals surface area contributed by atoms with Crippen LogP contribution in [-0.2, 0) is 4.79 Å². The van der Waals surface area contributed by atoms with Crippen LogP contribution in [0, 0.1) is 5.92 Å². The van der Waals surface area contributed by atoms with Gasteiger partial charge >= 0.3 is 6.18 Å². The fourth-order valence-corrected chi connectivity index (χ4v) is 3.29. The van der Waals surface area contributed by atoms with E-state index in [0.29, 0.717) is 36.3 Å². The molecule has 0 atom stereocenters. The average Bonchev–Trinajstić information content (AvgIpc) is 2.64. The minimum atomic E-state index is -4.14. The van der Waals surface area contributed by atoms with E-state index in [1.165, 1.54) is 14.0 Å². The second kappa shape index (κ2) is 9.80. The third kappa shape index (κ3) is 6.42. The Hall–Kier alpha value is -2.25. The number of alkyl halides is 3. The summed E-state index contributed by atoms with van der Waals surface area (Å²) in [5, 5.41) is 2.81. The van der Waals surface area contributed by atoms with Crippen molar-refractivity contribution in [3.63, 3.8) is 0 Å². The van der Waals surface area contributed by atoms with Crippen LogP contribution in [0.15, 0.2) is 18.2 Å². The second-order valence-electron chi connectivity index (χ2n) is 7.03. The van der Waals surface area contributed by atoms with Gasteiger partial charge in [-0.1, -0.05) is 0 Å². The zero-order valence-electron chi connectivity index (χ0n) is 16.1. The normalized spacial score (nSPS) is 19.8. The summed E-state index contributed by atoms with van der Waals surface area (Å²) in [7, 11) is 1.48. The SMILES string of the molecule is COc1cc(C(C)=O)ccc1OCCCC(=O)NC1CCC(C(F)(F)F)CC1. The van der Waals surface area contributed by atoms with Crippen molar-refractivity contribution in [2.45, 2.75) is 57.7 Å². The Morgan fingerprint density at radius 3 is 2.39 bits per heavy atom. The number of amides is 1. The van der Waals surface area contributed by atoms with E-state index in [9.17, 15) is 22.8 Å². The molecule has 28 heavy (non-hydrogen) atoms. The predicted octanol–water partition coefficient (Wildman–Crippen LogP) is 4.29. The number of ketones is 1. The first-order valence-corrected chi connectivity index (χ1v) is 9.38. The molecule has 5 nitrogen and oxygen atoms in total. The third-order valence-corrected chi connectivity index (χ3v) is 4.93. The highest BCUT2D eigenvalue weighted by Crippen LogP contribution is 2.37. The summed E-state index contributed by atoms with van der Waals surface area (Å²) in [6, 6.07) is 4.70. The van der Waals surface area contributed by atoms with Crippen molar-refractivity contribution in [2.75, 3.05) is 13.7 Å².